The molecular weight excluding hydrogens is 290 g/mol. The Morgan fingerprint density at radius 1 is 1.57 bits per heavy atom. The van der Waals surface area contributed by atoms with Crippen LogP contribution in [-0.4, -0.2) is 27.2 Å². The first-order valence-electron chi connectivity index (χ1n) is 6.25. The second kappa shape index (κ2) is 6.88. The number of nitrogens with two attached hydrogens (primary N) is 1. The number of benzene rings is 1. The van der Waals surface area contributed by atoms with Gasteiger partial charge in [0.25, 0.3) is 0 Å². The molecule has 2 aromatic rings. The number of halogens is 1. The Morgan fingerprint density at radius 3 is 3.05 bits per heavy atom. The van der Waals surface area contributed by atoms with E-state index in [0.29, 0.717) is 16.3 Å². The normalized spacial score (nSPS) is 11.4. The standard InChI is InChI=1S/C14H14ClN5O/c1-10(20-9-17-8-18-20)14(21)19-13-7-12(15)5-4-11(13)3-2-6-16/h4-5,7-10H,6,16H2,1H3,(H,19,21). The molecule has 0 bridgehead atoms. The van der Waals surface area contributed by atoms with Gasteiger partial charge in [-0.3, -0.25) is 4.79 Å². The first kappa shape index (κ1) is 15.0. The summed E-state index contributed by atoms with van der Waals surface area (Å²) in [5.74, 6) is 5.41. The van der Waals surface area contributed by atoms with Crippen LogP contribution in [0.3, 0.4) is 0 Å². The average Bonchev–Trinajstić information content (AvgIpc) is 2.99. The summed E-state index contributed by atoms with van der Waals surface area (Å²) in [4.78, 5) is 16.1. The summed E-state index contributed by atoms with van der Waals surface area (Å²) in [6.07, 6.45) is 2.86. The lowest BCUT2D eigenvalue weighted by atomic mass is 10.1. The Hall–Kier alpha value is -2.36. The molecule has 21 heavy (non-hydrogen) atoms. The highest BCUT2D eigenvalue weighted by molar-refractivity contribution is 6.31. The van der Waals surface area contributed by atoms with Crippen molar-refractivity contribution in [1.82, 2.24) is 14.8 Å². The zero-order valence-electron chi connectivity index (χ0n) is 11.4. The van der Waals surface area contributed by atoms with E-state index in [4.69, 9.17) is 17.3 Å². The minimum Gasteiger partial charge on any atom is -0.323 e. The van der Waals surface area contributed by atoms with E-state index in [1.54, 1.807) is 25.1 Å². The Kier molecular flexibility index (Phi) is 4.93. The first-order chi connectivity index (χ1) is 10.1. The van der Waals surface area contributed by atoms with Gasteiger partial charge >= 0.3 is 0 Å². The highest BCUT2D eigenvalue weighted by Crippen LogP contribution is 2.21. The molecule has 0 saturated heterocycles. The zero-order chi connectivity index (χ0) is 15.2. The van der Waals surface area contributed by atoms with Gasteiger partial charge in [0.05, 0.1) is 12.2 Å². The van der Waals surface area contributed by atoms with E-state index in [1.165, 1.54) is 17.3 Å². The summed E-state index contributed by atoms with van der Waals surface area (Å²) in [6, 6.07) is 4.59. The number of aromatic nitrogens is 3. The number of hydrogen-bond donors (Lipinski definition) is 2. The predicted molar refractivity (Wildman–Crippen MR) is 80.7 cm³/mol. The van der Waals surface area contributed by atoms with E-state index < -0.39 is 6.04 Å². The monoisotopic (exact) mass is 303 g/mol. The van der Waals surface area contributed by atoms with Crippen LogP contribution in [-0.2, 0) is 4.79 Å². The van der Waals surface area contributed by atoms with E-state index in [-0.39, 0.29) is 12.5 Å². The number of amides is 1. The molecule has 3 N–H and O–H groups in total. The molecule has 0 spiro atoms. The third-order valence-electron chi connectivity index (χ3n) is 2.78. The van der Waals surface area contributed by atoms with Crippen molar-refractivity contribution in [2.24, 2.45) is 5.73 Å². The molecule has 0 radical (unpaired) electrons. The third-order valence-corrected chi connectivity index (χ3v) is 3.01. The molecule has 1 unspecified atom stereocenters. The lowest BCUT2D eigenvalue weighted by molar-refractivity contribution is -0.119. The Balaban J connectivity index is 2.22. The summed E-state index contributed by atoms with van der Waals surface area (Å²) >= 11 is 5.96. The smallest absolute Gasteiger partial charge is 0.249 e. The molecule has 1 atom stereocenters. The van der Waals surface area contributed by atoms with Crippen molar-refractivity contribution in [3.8, 4) is 11.8 Å². The minimum absolute atomic E-state index is 0.237. The van der Waals surface area contributed by atoms with Crippen LogP contribution in [0.15, 0.2) is 30.9 Å². The van der Waals surface area contributed by atoms with Crippen LogP contribution in [0.1, 0.15) is 18.5 Å². The summed E-state index contributed by atoms with van der Waals surface area (Å²) in [7, 11) is 0. The Bertz CT molecular complexity index is 687. The number of carbonyl (C=O) groups excluding carboxylic acids is 1. The quantitative estimate of drug-likeness (QED) is 0.840. The fourth-order valence-electron chi connectivity index (χ4n) is 1.65. The number of carbonyl (C=O) groups is 1. The second-order valence-corrected chi connectivity index (χ2v) is 4.67. The minimum atomic E-state index is -0.498. The molecule has 0 aliphatic rings. The largest absolute Gasteiger partial charge is 0.323 e. The van der Waals surface area contributed by atoms with Crippen molar-refractivity contribution in [3.63, 3.8) is 0 Å². The lowest BCUT2D eigenvalue weighted by Gasteiger charge is -2.13. The maximum absolute atomic E-state index is 12.2. The number of rotatable bonds is 3. The fraction of sp³-hybridized carbons (Fsp3) is 0.214. The SMILES string of the molecule is CC(C(=O)Nc1cc(Cl)ccc1C#CCN)n1cncn1. The van der Waals surface area contributed by atoms with Gasteiger partial charge in [-0.25, -0.2) is 9.67 Å². The van der Waals surface area contributed by atoms with Gasteiger partial charge in [0.15, 0.2) is 0 Å². The molecule has 0 saturated carbocycles. The van der Waals surface area contributed by atoms with E-state index in [2.05, 4.69) is 27.2 Å². The van der Waals surface area contributed by atoms with Gasteiger partial charge in [-0.15, -0.1) is 0 Å². The van der Waals surface area contributed by atoms with Crippen LogP contribution < -0.4 is 11.1 Å². The van der Waals surface area contributed by atoms with Crippen molar-refractivity contribution in [2.45, 2.75) is 13.0 Å². The van der Waals surface area contributed by atoms with Crippen LogP contribution in [0.5, 0.6) is 0 Å². The van der Waals surface area contributed by atoms with E-state index in [9.17, 15) is 4.79 Å². The molecule has 1 aromatic carbocycles. The predicted octanol–water partition coefficient (Wildman–Crippen LogP) is 1.44. The molecule has 6 nitrogen and oxygen atoms in total. The van der Waals surface area contributed by atoms with Gasteiger partial charge in [0.2, 0.25) is 5.91 Å². The molecule has 108 valence electrons. The van der Waals surface area contributed by atoms with Crippen molar-refractivity contribution in [2.75, 3.05) is 11.9 Å². The maximum atomic E-state index is 12.2. The number of hydrogen-bond acceptors (Lipinski definition) is 4. The van der Waals surface area contributed by atoms with E-state index >= 15 is 0 Å². The number of nitrogens with zero attached hydrogens (tertiary/aromatic N) is 3. The van der Waals surface area contributed by atoms with Gasteiger partial charge in [-0.05, 0) is 25.1 Å². The van der Waals surface area contributed by atoms with E-state index in [1.807, 2.05) is 0 Å². The summed E-state index contributed by atoms with van der Waals surface area (Å²) in [5, 5.41) is 7.25. The van der Waals surface area contributed by atoms with Crippen LogP contribution in [0, 0.1) is 11.8 Å². The average molecular weight is 304 g/mol. The molecule has 1 amide bonds. The Labute approximate surface area is 127 Å². The van der Waals surface area contributed by atoms with Crippen molar-refractivity contribution >= 4 is 23.2 Å². The highest BCUT2D eigenvalue weighted by Gasteiger charge is 2.16. The van der Waals surface area contributed by atoms with Crippen LogP contribution in [0.2, 0.25) is 5.02 Å². The van der Waals surface area contributed by atoms with Gasteiger partial charge in [0.1, 0.15) is 18.7 Å². The lowest BCUT2D eigenvalue weighted by Crippen LogP contribution is -2.24. The van der Waals surface area contributed by atoms with Crippen LogP contribution >= 0.6 is 11.6 Å². The summed E-state index contributed by atoms with van der Waals surface area (Å²) < 4.78 is 1.46. The first-order valence-corrected chi connectivity index (χ1v) is 6.63. The van der Waals surface area contributed by atoms with Crippen molar-refractivity contribution in [1.29, 1.82) is 0 Å². The zero-order valence-corrected chi connectivity index (χ0v) is 12.1. The molecule has 0 aliphatic carbocycles. The molecule has 1 aromatic heterocycles. The van der Waals surface area contributed by atoms with Gasteiger partial charge in [0, 0.05) is 10.6 Å². The second-order valence-electron chi connectivity index (χ2n) is 4.24. The molecular formula is C14H14ClN5O. The summed E-state index contributed by atoms with van der Waals surface area (Å²) in [5.41, 5.74) is 6.56. The van der Waals surface area contributed by atoms with Gasteiger partial charge in [-0.1, -0.05) is 23.4 Å². The van der Waals surface area contributed by atoms with Crippen molar-refractivity contribution < 1.29 is 4.79 Å². The molecule has 1 heterocycles. The topological polar surface area (TPSA) is 85.8 Å². The van der Waals surface area contributed by atoms with Crippen LogP contribution in [0.25, 0.3) is 0 Å². The molecule has 0 aliphatic heterocycles. The van der Waals surface area contributed by atoms with E-state index in [0.717, 1.165) is 0 Å². The molecule has 7 heteroatoms. The Morgan fingerprint density at radius 2 is 2.38 bits per heavy atom. The van der Waals surface area contributed by atoms with Crippen LogP contribution in [0.4, 0.5) is 5.69 Å². The summed E-state index contributed by atoms with van der Waals surface area (Å²) in [6.45, 7) is 1.96. The fourth-order valence-corrected chi connectivity index (χ4v) is 1.82. The molecule has 0 fully saturated rings. The third kappa shape index (κ3) is 3.81. The highest BCUT2D eigenvalue weighted by atomic mass is 35.5. The number of anilines is 1. The van der Waals surface area contributed by atoms with Gasteiger partial charge < -0.3 is 11.1 Å². The van der Waals surface area contributed by atoms with Gasteiger partial charge in [-0.2, -0.15) is 5.10 Å². The number of nitrogens with one attached hydrogen (secondary N) is 1. The molecule has 2 rings (SSSR count). The van der Waals surface area contributed by atoms with Crippen molar-refractivity contribution in [3.05, 3.63) is 41.4 Å². The maximum Gasteiger partial charge on any atom is 0.249 e.